The van der Waals surface area contributed by atoms with Crippen LogP contribution in [0.15, 0.2) is 35.1 Å². The van der Waals surface area contributed by atoms with Gasteiger partial charge in [-0.2, -0.15) is 0 Å². The Balaban J connectivity index is 1.31. The first-order valence-electron chi connectivity index (χ1n) is 13.6. The number of H-pyrrole nitrogens is 1. The van der Waals surface area contributed by atoms with Gasteiger partial charge in [0.2, 0.25) is 11.9 Å². The first kappa shape index (κ1) is 26.2. The number of nitrogens with one attached hydrogen (secondary N) is 1. The molecule has 3 heterocycles. The van der Waals surface area contributed by atoms with Gasteiger partial charge >= 0.3 is 0 Å². The van der Waals surface area contributed by atoms with E-state index < -0.39 is 0 Å². The molecule has 8 heteroatoms. The van der Waals surface area contributed by atoms with Crippen LogP contribution in [0, 0.1) is 12.8 Å². The van der Waals surface area contributed by atoms with E-state index in [-0.39, 0.29) is 17.4 Å². The minimum atomic E-state index is -0.114. The molecule has 2 aromatic rings. The first-order chi connectivity index (χ1) is 17.5. The molecule has 1 atom stereocenters. The highest BCUT2D eigenvalue weighted by Gasteiger charge is 2.27. The van der Waals surface area contributed by atoms with Gasteiger partial charge in [-0.25, -0.2) is 4.98 Å². The first-order valence-corrected chi connectivity index (χ1v) is 13.6. The molecule has 196 valence electrons. The monoisotopic (exact) mass is 494 g/mol. The molecule has 1 N–H and O–H groups in total. The van der Waals surface area contributed by atoms with Gasteiger partial charge in [0.1, 0.15) is 0 Å². The highest BCUT2D eigenvalue weighted by molar-refractivity contribution is 5.79. The summed E-state index contributed by atoms with van der Waals surface area (Å²) in [5.41, 5.74) is 3.24. The average molecular weight is 495 g/mol. The van der Waals surface area contributed by atoms with Crippen molar-refractivity contribution in [1.82, 2.24) is 19.8 Å². The Kier molecular flexibility index (Phi) is 9.02. The molecule has 0 spiro atoms. The quantitative estimate of drug-likeness (QED) is 0.577. The van der Waals surface area contributed by atoms with Crippen LogP contribution in [0.25, 0.3) is 0 Å². The number of amides is 1. The Hall–Kier alpha value is -2.87. The second-order valence-electron chi connectivity index (χ2n) is 10.2. The van der Waals surface area contributed by atoms with Gasteiger partial charge in [0.15, 0.2) is 0 Å². The van der Waals surface area contributed by atoms with Crippen LogP contribution in [0.1, 0.15) is 50.8 Å². The largest absolute Gasteiger partial charge is 0.369 e. The summed E-state index contributed by atoms with van der Waals surface area (Å²) in [5, 5.41) is 0. The number of anilines is 2. The molecule has 0 unspecified atom stereocenters. The van der Waals surface area contributed by atoms with E-state index in [0.29, 0.717) is 38.7 Å². The average Bonchev–Trinajstić information content (AvgIpc) is 2.90. The molecular formula is C28H42N6O2. The smallest absolute Gasteiger partial charge is 0.252 e. The zero-order valence-corrected chi connectivity index (χ0v) is 22.2. The van der Waals surface area contributed by atoms with Crippen LogP contribution >= 0.6 is 0 Å². The number of nitrogens with zero attached hydrogens (tertiary/aromatic N) is 5. The van der Waals surface area contributed by atoms with Crippen LogP contribution in [-0.4, -0.2) is 78.0 Å². The molecule has 8 nitrogen and oxygen atoms in total. The Bertz CT molecular complexity index is 1040. The van der Waals surface area contributed by atoms with Crippen molar-refractivity contribution >= 4 is 17.5 Å². The number of carbonyl (C=O) groups is 1. The van der Waals surface area contributed by atoms with E-state index in [2.05, 4.69) is 64.7 Å². The van der Waals surface area contributed by atoms with Gasteiger partial charge in [-0.1, -0.05) is 44.4 Å². The summed E-state index contributed by atoms with van der Waals surface area (Å²) in [6.45, 7) is 13.6. The fourth-order valence-electron chi connectivity index (χ4n) is 5.22. The summed E-state index contributed by atoms with van der Waals surface area (Å²) >= 11 is 0. The predicted molar refractivity (Wildman–Crippen MR) is 146 cm³/mol. The number of rotatable bonds is 9. The van der Waals surface area contributed by atoms with E-state index >= 15 is 0 Å². The highest BCUT2D eigenvalue weighted by atomic mass is 16.2. The number of piperazine rings is 2. The third kappa shape index (κ3) is 6.66. The van der Waals surface area contributed by atoms with Crippen molar-refractivity contribution in [2.24, 2.45) is 5.92 Å². The van der Waals surface area contributed by atoms with Gasteiger partial charge in [0, 0.05) is 76.6 Å². The van der Waals surface area contributed by atoms with Crippen LogP contribution in [0.2, 0.25) is 0 Å². The molecule has 36 heavy (non-hydrogen) atoms. The predicted octanol–water partition coefficient (Wildman–Crippen LogP) is 3.27. The molecule has 0 bridgehead atoms. The standard InChI is InChI=1S/C28H42N6O2/c1-4-6-7-23(5-2)27(36)33-16-18-34(19-17-33)28-29-24(20-26(35)30-28)21-31-12-14-32(15-13-31)25-10-8-22(3)9-11-25/h8-11,20,23H,4-7,12-19,21H2,1-3H3,(H,29,30,35)/t23-/m1/s1. The fourth-order valence-corrected chi connectivity index (χ4v) is 5.22. The van der Waals surface area contributed by atoms with Gasteiger partial charge < -0.3 is 14.7 Å². The summed E-state index contributed by atoms with van der Waals surface area (Å²) in [7, 11) is 0. The zero-order chi connectivity index (χ0) is 25.5. The summed E-state index contributed by atoms with van der Waals surface area (Å²) in [5.74, 6) is 1.04. The van der Waals surface area contributed by atoms with Crippen LogP contribution in [0.5, 0.6) is 0 Å². The Morgan fingerprint density at radius 3 is 2.28 bits per heavy atom. The van der Waals surface area contributed by atoms with E-state index in [1.807, 2.05) is 4.90 Å². The molecular weight excluding hydrogens is 452 g/mol. The van der Waals surface area contributed by atoms with Crippen molar-refractivity contribution in [1.29, 1.82) is 0 Å². The van der Waals surface area contributed by atoms with Gasteiger partial charge in [0.25, 0.3) is 5.56 Å². The molecule has 2 saturated heterocycles. The van der Waals surface area contributed by atoms with Crippen LogP contribution in [0.4, 0.5) is 11.6 Å². The number of aromatic amines is 1. The third-order valence-electron chi connectivity index (χ3n) is 7.58. The van der Waals surface area contributed by atoms with Crippen molar-refractivity contribution in [3.05, 3.63) is 51.9 Å². The molecule has 2 aliphatic rings. The summed E-state index contributed by atoms with van der Waals surface area (Å²) in [4.78, 5) is 42.0. The van der Waals surface area contributed by atoms with Crippen molar-refractivity contribution in [2.45, 2.75) is 53.0 Å². The van der Waals surface area contributed by atoms with E-state index in [9.17, 15) is 9.59 Å². The Morgan fingerprint density at radius 1 is 0.972 bits per heavy atom. The van der Waals surface area contributed by atoms with E-state index in [4.69, 9.17) is 4.98 Å². The highest BCUT2D eigenvalue weighted by Crippen LogP contribution is 2.20. The Morgan fingerprint density at radius 2 is 1.64 bits per heavy atom. The van der Waals surface area contributed by atoms with Gasteiger partial charge in [0.05, 0.1) is 5.69 Å². The summed E-state index contributed by atoms with van der Waals surface area (Å²) < 4.78 is 0. The van der Waals surface area contributed by atoms with Gasteiger partial charge in [-0.15, -0.1) is 0 Å². The van der Waals surface area contributed by atoms with Crippen molar-refractivity contribution < 1.29 is 4.79 Å². The molecule has 0 radical (unpaired) electrons. The van der Waals surface area contributed by atoms with Gasteiger partial charge in [-0.3, -0.25) is 19.5 Å². The number of unbranched alkanes of at least 4 members (excludes halogenated alkanes) is 1. The van der Waals surface area contributed by atoms with E-state index in [1.54, 1.807) is 6.07 Å². The van der Waals surface area contributed by atoms with Crippen molar-refractivity contribution in [3.8, 4) is 0 Å². The van der Waals surface area contributed by atoms with Crippen LogP contribution in [-0.2, 0) is 11.3 Å². The summed E-state index contributed by atoms with van der Waals surface area (Å²) in [6.07, 6.45) is 4.09. The Labute approximate surface area is 215 Å². The number of aromatic nitrogens is 2. The number of benzene rings is 1. The maximum absolute atomic E-state index is 13.0. The van der Waals surface area contributed by atoms with Crippen molar-refractivity contribution in [2.75, 3.05) is 62.2 Å². The lowest BCUT2D eigenvalue weighted by Gasteiger charge is -2.37. The molecule has 1 amide bonds. The molecule has 0 saturated carbocycles. The normalized spacial score (nSPS) is 17.9. The number of aryl methyl sites for hydroxylation is 1. The minimum Gasteiger partial charge on any atom is -0.369 e. The number of hydrogen-bond donors (Lipinski definition) is 1. The topological polar surface area (TPSA) is 75.8 Å². The minimum absolute atomic E-state index is 0.114. The summed E-state index contributed by atoms with van der Waals surface area (Å²) in [6, 6.07) is 10.3. The van der Waals surface area contributed by atoms with Crippen molar-refractivity contribution in [3.63, 3.8) is 0 Å². The molecule has 1 aromatic heterocycles. The SMILES string of the molecule is CCCC[C@@H](CC)C(=O)N1CCN(c2nc(CN3CCN(c4ccc(C)cc4)CC3)cc(=O)[nH]2)CC1. The second-order valence-corrected chi connectivity index (χ2v) is 10.2. The van der Waals surface area contributed by atoms with Gasteiger partial charge in [-0.05, 0) is 31.9 Å². The second kappa shape index (κ2) is 12.4. The maximum atomic E-state index is 13.0. The lowest BCUT2D eigenvalue weighted by atomic mass is 9.97. The third-order valence-corrected chi connectivity index (χ3v) is 7.58. The lowest BCUT2D eigenvalue weighted by molar-refractivity contribution is -0.136. The molecule has 1 aromatic carbocycles. The molecule has 0 aliphatic carbocycles. The van der Waals surface area contributed by atoms with E-state index in [0.717, 1.165) is 57.6 Å². The number of hydrogen-bond acceptors (Lipinski definition) is 6. The zero-order valence-electron chi connectivity index (χ0n) is 22.2. The van der Waals surface area contributed by atoms with Crippen LogP contribution in [0.3, 0.4) is 0 Å². The lowest BCUT2D eigenvalue weighted by Crippen LogP contribution is -2.51. The fraction of sp³-hybridized carbons (Fsp3) is 0.607. The number of carbonyl (C=O) groups excluding carboxylic acids is 1. The maximum Gasteiger partial charge on any atom is 0.252 e. The van der Waals surface area contributed by atoms with Crippen LogP contribution < -0.4 is 15.4 Å². The molecule has 2 fully saturated rings. The van der Waals surface area contributed by atoms with E-state index in [1.165, 1.54) is 11.3 Å². The molecule has 4 rings (SSSR count). The molecule has 2 aliphatic heterocycles.